The van der Waals surface area contributed by atoms with Crippen molar-refractivity contribution in [1.82, 2.24) is 14.5 Å². The number of amides is 1. The fourth-order valence-corrected chi connectivity index (χ4v) is 2.64. The lowest BCUT2D eigenvalue weighted by Crippen LogP contribution is -2.38. The number of benzene rings is 1. The van der Waals surface area contributed by atoms with E-state index in [0.717, 1.165) is 18.3 Å². The molecule has 23 heavy (non-hydrogen) atoms. The summed E-state index contributed by atoms with van der Waals surface area (Å²) < 4.78 is 52.4. The number of hydrogen-bond acceptors (Lipinski definition) is 2. The van der Waals surface area contributed by atoms with Gasteiger partial charge in [-0.05, 0) is 18.2 Å². The van der Waals surface area contributed by atoms with E-state index in [1.54, 1.807) is 0 Å². The van der Waals surface area contributed by atoms with Crippen molar-refractivity contribution < 1.29 is 22.4 Å². The molecule has 0 unspecified atom stereocenters. The minimum atomic E-state index is -4.53. The van der Waals surface area contributed by atoms with Gasteiger partial charge in [0, 0.05) is 19.3 Å². The van der Waals surface area contributed by atoms with Gasteiger partial charge in [0.15, 0.2) is 5.69 Å². The molecule has 0 fully saturated rings. The van der Waals surface area contributed by atoms with Gasteiger partial charge in [-0.15, -0.1) is 0 Å². The van der Waals surface area contributed by atoms with Crippen molar-refractivity contribution in [1.29, 1.82) is 0 Å². The molecule has 0 spiro atoms. The van der Waals surface area contributed by atoms with Crippen molar-refractivity contribution in [3.8, 4) is 0 Å². The average Bonchev–Trinajstić information content (AvgIpc) is 2.89. The predicted molar refractivity (Wildman–Crippen MR) is 73.4 cm³/mol. The molecule has 0 saturated heterocycles. The predicted octanol–water partition coefficient (Wildman–Crippen LogP) is 3.35. The zero-order valence-corrected chi connectivity index (χ0v) is 12.3. The van der Waals surface area contributed by atoms with E-state index >= 15 is 0 Å². The van der Waals surface area contributed by atoms with E-state index in [9.17, 15) is 22.4 Å². The Balaban J connectivity index is 1.84. The second-order valence-electron chi connectivity index (χ2n) is 5.08. The van der Waals surface area contributed by atoms with Crippen molar-refractivity contribution >= 4 is 17.5 Å². The van der Waals surface area contributed by atoms with E-state index < -0.39 is 23.6 Å². The number of hydrogen-bond donors (Lipinski definition) is 0. The third-order valence-electron chi connectivity index (χ3n) is 3.54. The zero-order chi connectivity index (χ0) is 16.8. The summed E-state index contributed by atoms with van der Waals surface area (Å²) in [5.41, 5.74) is -0.884. The summed E-state index contributed by atoms with van der Waals surface area (Å²) in [6.07, 6.45) is -3.60. The highest BCUT2D eigenvalue weighted by molar-refractivity contribution is 6.33. The Kier molecular flexibility index (Phi) is 3.79. The molecule has 2 aromatic rings. The number of carbonyl (C=O) groups is 1. The number of rotatable bonds is 1. The average molecular weight is 348 g/mol. The number of nitrogens with zero attached hydrogens (tertiary/aromatic N) is 3. The molecule has 0 bridgehead atoms. The number of aromatic nitrogens is 2. The van der Waals surface area contributed by atoms with Gasteiger partial charge < -0.3 is 9.47 Å². The zero-order valence-electron chi connectivity index (χ0n) is 11.6. The first-order valence-corrected chi connectivity index (χ1v) is 7.01. The van der Waals surface area contributed by atoms with Gasteiger partial charge in [0.05, 0.1) is 17.1 Å². The Morgan fingerprint density at radius 1 is 1.26 bits per heavy atom. The Morgan fingerprint density at radius 2 is 2.00 bits per heavy atom. The van der Waals surface area contributed by atoms with Gasteiger partial charge in [-0.2, -0.15) is 13.2 Å². The molecule has 0 aliphatic carbocycles. The fourth-order valence-electron chi connectivity index (χ4n) is 2.40. The number of carbonyl (C=O) groups excluding carboxylic acids is 1. The molecular weight excluding hydrogens is 338 g/mol. The number of imidazole rings is 1. The van der Waals surface area contributed by atoms with Crippen LogP contribution >= 0.6 is 11.6 Å². The van der Waals surface area contributed by atoms with Gasteiger partial charge in [-0.25, -0.2) is 9.37 Å². The third-order valence-corrected chi connectivity index (χ3v) is 3.85. The van der Waals surface area contributed by atoms with Gasteiger partial charge in [0.25, 0.3) is 5.91 Å². The molecule has 122 valence electrons. The number of halogens is 5. The highest BCUT2D eigenvalue weighted by atomic mass is 35.5. The summed E-state index contributed by atoms with van der Waals surface area (Å²) in [4.78, 5) is 17.3. The number of alkyl halides is 3. The van der Waals surface area contributed by atoms with Crippen molar-refractivity contribution in [2.45, 2.75) is 19.3 Å². The van der Waals surface area contributed by atoms with Crippen LogP contribution in [0, 0.1) is 5.82 Å². The van der Waals surface area contributed by atoms with E-state index in [2.05, 4.69) is 4.98 Å². The molecule has 0 N–H and O–H groups in total. The van der Waals surface area contributed by atoms with Gasteiger partial charge >= 0.3 is 6.18 Å². The van der Waals surface area contributed by atoms with Crippen LogP contribution in [0.15, 0.2) is 24.4 Å². The number of fused-ring (bicyclic) bond motifs is 1. The van der Waals surface area contributed by atoms with Crippen LogP contribution in [0.25, 0.3) is 0 Å². The van der Waals surface area contributed by atoms with Crippen LogP contribution in [0.3, 0.4) is 0 Å². The lowest BCUT2D eigenvalue weighted by molar-refractivity contribution is -0.141. The van der Waals surface area contributed by atoms with Crippen molar-refractivity contribution in [3.63, 3.8) is 0 Å². The molecule has 1 aromatic carbocycles. The Morgan fingerprint density at radius 3 is 2.65 bits per heavy atom. The van der Waals surface area contributed by atoms with Crippen LogP contribution in [0.2, 0.25) is 5.02 Å². The Hall–Kier alpha value is -2.09. The van der Waals surface area contributed by atoms with Crippen LogP contribution in [0.1, 0.15) is 21.9 Å². The van der Waals surface area contributed by atoms with Crippen LogP contribution in [0.4, 0.5) is 17.6 Å². The van der Waals surface area contributed by atoms with Crippen molar-refractivity contribution in [2.24, 2.45) is 0 Å². The van der Waals surface area contributed by atoms with Crippen LogP contribution < -0.4 is 0 Å². The van der Waals surface area contributed by atoms with Crippen LogP contribution in [-0.2, 0) is 19.3 Å². The van der Waals surface area contributed by atoms with E-state index in [1.165, 1.54) is 15.5 Å². The lowest BCUT2D eigenvalue weighted by Gasteiger charge is -2.28. The summed E-state index contributed by atoms with van der Waals surface area (Å²) in [5, 5.41) is -0.0418. The molecule has 0 radical (unpaired) electrons. The molecule has 0 saturated carbocycles. The lowest BCUT2D eigenvalue weighted by atomic mass is 10.2. The summed E-state index contributed by atoms with van der Waals surface area (Å²) in [6.45, 7) is 0.346. The molecule has 1 amide bonds. The molecule has 3 rings (SSSR count). The standard InChI is InChI=1S/C14H10ClF4N3O/c15-10-5-8(16)1-2-9(10)13(23)22-4-3-21-6-11(14(17,18)19)20-12(21)7-22/h1-2,5-6H,3-4,7H2. The maximum Gasteiger partial charge on any atom is 0.434 e. The van der Waals surface area contributed by atoms with E-state index in [0.29, 0.717) is 0 Å². The minimum absolute atomic E-state index is 0.0418. The molecule has 1 aliphatic rings. The first-order chi connectivity index (χ1) is 10.8. The van der Waals surface area contributed by atoms with E-state index in [4.69, 9.17) is 11.6 Å². The van der Waals surface area contributed by atoms with E-state index in [1.807, 2.05) is 0 Å². The summed E-state index contributed by atoms with van der Waals surface area (Å²) in [5.74, 6) is -0.900. The van der Waals surface area contributed by atoms with Crippen LogP contribution in [-0.4, -0.2) is 26.9 Å². The smallest absolute Gasteiger partial charge is 0.331 e. The molecule has 9 heteroatoms. The Bertz CT molecular complexity index is 772. The van der Waals surface area contributed by atoms with Crippen LogP contribution in [0.5, 0.6) is 0 Å². The quantitative estimate of drug-likeness (QED) is 0.742. The molecule has 4 nitrogen and oxygen atoms in total. The van der Waals surface area contributed by atoms with Gasteiger partial charge in [0.1, 0.15) is 11.6 Å². The van der Waals surface area contributed by atoms with Crippen molar-refractivity contribution in [2.75, 3.05) is 6.54 Å². The molecule has 2 heterocycles. The largest absolute Gasteiger partial charge is 0.434 e. The highest BCUT2D eigenvalue weighted by Crippen LogP contribution is 2.30. The topological polar surface area (TPSA) is 38.1 Å². The molecule has 1 aromatic heterocycles. The summed E-state index contributed by atoms with van der Waals surface area (Å²) >= 11 is 5.85. The van der Waals surface area contributed by atoms with Crippen molar-refractivity contribution in [3.05, 3.63) is 52.3 Å². The maximum absolute atomic E-state index is 13.0. The maximum atomic E-state index is 13.0. The molecule has 1 aliphatic heterocycles. The summed E-state index contributed by atoms with van der Waals surface area (Å²) in [7, 11) is 0. The highest BCUT2D eigenvalue weighted by Gasteiger charge is 2.36. The second-order valence-corrected chi connectivity index (χ2v) is 5.49. The SMILES string of the molecule is O=C(c1ccc(F)cc1Cl)N1CCn2cc(C(F)(F)F)nc2C1. The normalized spacial score (nSPS) is 14.7. The van der Waals surface area contributed by atoms with Gasteiger partial charge in [-0.1, -0.05) is 11.6 Å². The fraction of sp³-hybridized carbons (Fsp3) is 0.286. The van der Waals surface area contributed by atoms with Gasteiger partial charge in [0.2, 0.25) is 0 Å². The van der Waals surface area contributed by atoms with Gasteiger partial charge in [-0.3, -0.25) is 4.79 Å². The monoisotopic (exact) mass is 347 g/mol. The summed E-state index contributed by atoms with van der Waals surface area (Å²) in [6, 6.07) is 3.37. The first-order valence-electron chi connectivity index (χ1n) is 6.63. The van der Waals surface area contributed by atoms with E-state index in [-0.39, 0.29) is 36.0 Å². The second kappa shape index (κ2) is 5.52. The molecular formula is C14H10ClF4N3O. The molecule has 0 atom stereocenters. The Labute approximate surface area is 133 Å². The third kappa shape index (κ3) is 3.03. The minimum Gasteiger partial charge on any atom is -0.331 e. The first kappa shape index (κ1) is 15.8.